The van der Waals surface area contributed by atoms with Crippen LogP contribution in [0.1, 0.15) is 39.8 Å². The quantitative estimate of drug-likeness (QED) is 0.396. The van der Waals surface area contributed by atoms with Crippen molar-refractivity contribution in [3.05, 3.63) is 75.2 Å². The van der Waals surface area contributed by atoms with Crippen LogP contribution in [0.2, 0.25) is 5.02 Å². The summed E-state index contributed by atoms with van der Waals surface area (Å²) in [4.78, 5) is 21.4. The molecule has 3 heterocycles. The summed E-state index contributed by atoms with van der Waals surface area (Å²) in [5, 5.41) is 3.01. The summed E-state index contributed by atoms with van der Waals surface area (Å²) in [6, 6.07) is 11.3. The first-order valence-electron chi connectivity index (χ1n) is 12.4. The van der Waals surface area contributed by atoms with E-state index in [1.165, 1.54) is 33.8 Å². The maximum atomic E-state index is 13.1. The Kier molecular flexibility index (Phi) is 7.91. The zero-order valence-corrected chi connectivity index (χ0v) is 23.2. The van der Waals surface area contributed by atoms with Gasteiger partial charge in [-0.15, -0.1) is 11.3 Å². The average molecular weight is 599 g/mol. The second-order valence-electron chi connectivity index (χ2n) is 9.53. The van der Waals surface area contributed by atoms with Gasteiger partial charge in [0.2, 0.25) is 10.0 Å². The summed E-state index contributed by atoms with van der Waals surface area (Å²) in [6.07, 6.45) is -3.20. The van der Waals surface area contributed by atoms with Gasteiger partial charge in [-0.3, -0.25) is 4.79 Å². The number of hydrogen-bond acceptors (Lipinski definition) is 6. The van der Waals surface area contributed by atoms with E-state index < -0.39 is 21.8 Å². The van der Waals surface area contributed by atoms with Crippen LogP contribution in [-0.4, -0.2) is 67.8 Å². The number of piperazine rings is 1. The number of aromatic nitrogens is 1. The topological polar surface area (TPSA) is 73.8 Å². The van der Waals surface area contributed by atoms with Crippen molar-refractivity contribution in [3.8, 4) is 0 Å². The fourth-order valence-corrected chi connectivity index (χ4v) is 7.44. The van der Waals surface area contributed by atoms with Crippen LogP contribution < -0.4 is 4.90 Å². The van der Waals surface area contributed by atoms with Gasteiger partial charge < -0.3 is 9.80 Å². The SMILES string of the molecule is O=C(c1csc(C2CCN(S(=O)(=O)c3ccc(Cl)cc3)CC2)n1)N1CCN(c2cccc(C(F)(F)F)c2)CC1. The van der Waals surface area contributed by atoms with Crippen LogP contribution in [0.3, 0.4) is 0 Å². The molecule has 0 spiro atoms. The number of halogens is 4. The van der Waals surface area contributed by atoms with E-state index in [2.05, 4.69) is 4.98 Å². The van der Waals surface area contributed by atoms with Crippen molar-refractivity contribution in [2.75, 3.05) is 44.2 Å². The van der Waals surface area contributed by atoms with Crippen molar-refractivity contribution in [3.63, 3.8) is 0 Å². The van der Waals surface area contributed by atoms with Crippen LogP contribution in [0.5, 0.6) is 0 Å². The van der Waals surface area contributed by atoms with E-state index in [1.54, 1.807) is 28.5 Å². The average Bonchev–Trinajstić information content (AvgIpc) is 3.43. The largest absolute Gasteiger partial charge is 0.416 e. The van der Waals surface area contributed by atoms with Gasteiger partial charge in [0, 0.05) is 61.3 Å². The molecule has 13 heteroatoms. The molecule has 2 aliphatic heterocycles. The molecule has 39 heavy (non-hydrogen) atoms. The molecule has 2 fully saturated rings. The third-order valence-electron chi connectivity index (χ3n) is 7.10. The molecule has 0 radical (unpaired) electrons. The van der Waals surface area contributed by atoms with E-state index in [0.29, 0.717) is 68.5 Å². The Labute approximate surface area is 233 Å². The molecule has 0 N–H and O–H groups in total. The molecule has 1 amide bonds. The smallest absolute Gasteiger partial charge is 0.368 e. The highest BCUT2D eigenvalue weighted by molar-refractivity contribution is 7.89. The first-order chi connectivity index (χ1) is 18.5. The number of piperidine rings is 1. The van der Waals surface area contributed by atoms with Crippen LogP contribution in [-0.2, 0) is 16.2 Å². The number of alkyl halides is 3. The van der Waals surface area contributed by atoms with Crippen LogP contribution in [0.15, 0.2) is 58.8 Å². The molecule has 0 saturated carbocycles. The third kappa shape index (κ3) is 6.08. The Balaban J connectivity index is 1.16. The van der Waals surface area contributed by atoms with Gasteiger partial charge >= 0.3 is 6.18 Å². The second-order valence-corrected chi connectivity index (χ2v) is 12.8. The molecule has 0 aliphatic carbocycles. The number of carbonyl (C=O) groups excluding carboxylic acids is 1. The van der Waals surface area contributed by atoms with Crippen LogP contribution in [0, 0.1) is 0 Å². The lowest BCUT2D eigenvalue weighted by Gasteiger charge is -2.36. The number of thiazole rings is 1. The van der Waals surface area contributed by atoms with Crippen molar-refractivity contribution in [2.24, 2.45) is 0 Å². The number of anilines is 1. The Morgan fingerprint density at radius 3 is 2.28 bits per heavy atom. The number of carbonyl (C=O) groups is 1. The van der Waals surface area contributed by atoms with Gasteiger partial charge in [0.15, 0.2) is 0 Å². The van der Waals surface area contributed by atoms with Crippen molar-refractivity contribution in [2.45, 2.75) is 29.8 Å². The molecule has 0 unspecified atom stereocenters. The first kappa shape index (κ1) is 27.9. The fourth-order valence-electron chi connectivity index (χ4n) is 4.88. The van der Waals surface area contributed by atoms with Crippen molar-refractivity contribution in [1.29, 1.82) is 0 Å². The number of nitrogens with zero attached hydrogens (tertiary/aromatic N) is 4. The molecule has 0 bridgehead atoms. The number of sulfonamides is 1. The molecule has 7 nitrogen and oxygen atoms in total. The highest BCUT2D eigenvalue weighted by Gasteiger charge is 2.33. The third-order valence-corrected chi connectivity index (χ3v) is 10.3. The maximum absolute atomic E-state index is 13.1. The number of hydrogen-bond donors (Lipinski definition) is 0. The van der Waals surface area contributed by atoms with Crippen molar-refractivity contribution in [1.82, 2.24) is 14.2 Å². The van der Waals surface area contributed by atoms with Gasteiger partial charge in [-0.05, 0) is 55.3 Å². The van der Waals surface area contributed by atoms with E-state index in [1.807, 2.05) is 4.90 Å². The summed E-state index contributed by atoms with van der Waals surface area (Å²) in [6.45, 7) is 2.31. The van der Waals surface area contributed by atoms with Gasteiger partial charge in [-0.2, -0.15) is 17.5 Å². The van der Waals surface area contributed by atoms with Gasteiger partial charge in [0.05, 0.1) is 15.5 Å². The van der Waals surface area contributed by atoms with Crippen LogP contribution in [0.25, 0.3) is 0 Å². The zero-order valence-electron chi connectivity index (χ0n) is 20.8. The molecular formula is C26H26ClF3N4O3S2. The van der Waals surface area contributed by atoms with Gasteiger partial charge in [0.25, 0.3) is 5.91 Å². The molecule has 2 aromatic carbocycles. The van der Waals surface area contributed by atoms with Crippen molar-refractivity contribution < 1.29 is 26.4 Å². The van der Waals surface area contributed by atoms with Crippen molar-refractivity contribution >= 4 is 44.6 Å². The van der Waals surface area contributed by atoms with E-state index in [4.69, 9.17) is 11.6 Å². The Hall–Kier alpha value is -2.67. The highest BCUT2D eigenvalue weighted by Crippen LogP contribution is 2.34. The Morgan fingerprint density at radius 1 is 0.974 bits per heavy atom. The Bertz CT molecular complexity index is 1430. The first-order valence-corrected chi connectivity index (χ1v) is 15.1. The van der Waals surface area contributed by atoms with E-state index >= 15 is 0 Å². The summed E-state index contributed by atoms with van der Waals surface area (Å²) >= 11 is 7.28. The van der Waals surface area contributed by atoms with Gasteiger partial charge in [-0.1, -0.05) is 17.7 Å². The molecular weight excluding hydrogens is 573 g/mol. The van der Waals surface area contributed by atoms with Gasteiger partial charge in [-0.25, -0.2) is 13.4 Å². The second kappa shape index (κ2) is 11.1. The molecule has 2 saturated heterocycles. The zero-order chi connectivity index (χ0) is 27.8. The van der Waals surface area contributed by atoms with E-state index in [9.17, 15) is 26.4 Å². The highest BCUT2D eigenvalue weighted by atomic mass is 35.5. The summed E-state index contributed by atoms with van der Waals surface area (Å²) < 4.78 is 66.6. The molecule has 3 aromatic rings. The minimum Gasteiger partial charge on any atom is -0.368 e. The lowest BCUT2D eigenvalue weighted by molar-refractivity contribution is -0.137. The normalized spacial score (nSPS) is 17.9. The lowest BCUT2D eigenvalue weighted by atomic mass is 9.99. The predicted octanol–water partition coefficient (Wildman–Crippen LogP) is 5.35. The maximum Gasteiger partial charge on any atom is 0.416 e. The predicted molar refractivity (Wildman–Crippen MR) is 144 cm³/mol. The number of amides is 1. The lowest BCUT2D eigenvalue weighted by Crippen LogP contribution is -2.49. The van der Waals surface area contributed by atoms with E-state index in [-0.39, 0.29) is 16.7 Å². The fraction of sp³-hybridized carbons (Fsp3) is 0.385. The minimum absolute atomic E-state index is 0.0611. The molecule has 5 rings (SSSR count). The summed E-state index contributed by atoms with van der Waals surface area (Å²) in [5.41, 5.74) is 0.137. The number of rotatable bonds is 5. The minimum atomic E-state index is -4.41. The van der Waals surface area contributed by atoms with Gasteiger partial charge in [0.1, 0.15) is 5.69 Å². The number of benzene rings is 2. The molecule has 2 aliphatic rings. The van der Waals surface area contributed by atoms with Crippen LogP contribution in [0.4, 0.5) is 18.9 Å². The van der Waals surface area contributed by atoms with E-state index in [0.717, 1.165) is 17.1 Å². The molecule has 0 atom stereocenters. The summed E-state index contributed by atoms with van der Waals surface area (Å²) in [7, 11) is -3.60. The Morgan fingerprint density at radius 2 is 1.64 bits per heavy atom. The molecule has 208 valence electrons. The monoisotopic (exact) mass is 598 g/mol. The van der Waals surface area contributed by atoms with Crippen LogP contribution >= 0.6 is 22.9 Å². The summed E-state index contributed by atoms with van der Waals surface area (Å²) in [5.74, 6) is -0.144. The standard InChI is InChI=1S/C26H26ClF3N4O3S2/c27-20-4-6-22(7-5-20)39(36,37)34-10-8-18(9-11-34)24-31-23(17-38-24)25(35)33-14-12-32(13-15-33)21-3-1-2-19(16-21)26(28,29)30/h1-7,16-18H,8-15H2. The molecule has 1 aromatic heterocycles.